The molecule has 1 heterocycles. The third kappa shape index (κ3) is 3.92. The van der Waals surface area contributed by atoms with Gasteiger partial charge in [0.05, 0.1) is 5.56 Å². The normalized spacial score (nSPS) is 15.8. The van der Waals surface area contributed by atoms with Gasteiger partial charge in [0.25, 0.3) is 0 Å². The van der Waals surface area contributed by atoms with Crippen molar-refractivity contribution in [1.82, 2.24) is 5.01 Å². The fourth-order valence-corrected chi connectivity index (χ4v) is 2.72. The average Bonchev–Trinajstić information content (AvgIpc) is 3.07. The van der Waals surface area contributed by atoms with Crippen molar-refractivity contribution in [2.45, 2.75) is 20.1 Å². The maximum Gasteiger partial charge on any atom is 0.308 e. The number of hydrogen-bond donors (Lipinski definition) is 0. The first-order valence-electron chi connectivity index (χ1n) is 8.47. The molecular weight excluding hydrogens is 346 g/mol. The van der Waals surface area contributed by atoms with Crippen LogP contribution in [0.4, 0.5) is 5.69 Å². The molecule has 0 N–H and O–H groups in total. The third-order valence-corrected chi connectivity index (χ3v) is 4.04. The Hall–Kier alpha value is -3.35. The summed E-state index contributed by atoms with van der Waals surface area (Å²) in [6.45, 7) is 2.73. The molecule has 7 nitrogen and oxygen atoms in total. The minimum absolute atomic E-state index is 0.280. The van der Waals surface area contributed by atoms with Crippen LogP contribution < -0.4 is 9.64 Å². The lowest BCUT2D eigenvalue weighted by atomic mass is 10.1. The number of esters is 1. The van der Waals surface area contributed by atoms with E-state index in [-0.39, 0.29) is 5.91 Å². The number of carbonyl (C=O) groups is 2. The van der Waals surface area contributed by atoms with Crippen LogP contribution in [-0.4, -0.2) is 36.9 Å². The van der Waals surface area contributed by atoms with Gasteiger partial charge in [-0.15, -0.1) is 5.10 Å². The Morgan fingerprint density at radius 2 is 1.74 bits per heavy atom. The van der Waals surface area contributed by atoms with E-state index in [1.54, 1.807) is 24.3 Å². The minimum atomic E-state index is -0.804. The molecule has 1 aliphatic heterocycles. The second-order valence-electron chi connectivity index (χ2n) is 6.31. The van der Waals surface area contributed by atoms with E-state index in [1.165, 1.54) is 18.9 Å². The molecule has 2 aromatic rings. The zero-order valence-corrected chi connectivity index (χ0v) is 15.7. The fraction of sp³-hybridized carbons (Fsp3) is 0.250. The maximum absolute atomic E-state index is 12.1. The van der Waals surface area contributed by atoms with E-state index in [2.05, 4.69) is 5.10 Å². The number of ether oxygens (including phenoxy) is 2. The molecule has 0 radical (unpaired) electrons. The monoisotopic (exact) mass is 367 g/mol. The number of para-hydroxylation sites is 1. The highest BCUT2D eigenvalue weighted by atomic mass is 16.5. The second kappa shape index (κ2) is 7.49. The smallest absolute Gasteiger partial charge is 0.308 e. The van der Waals surface area contributed by atoms with Crippen LogP contribution in [0.15, 0.2) is 53.6 Å². The molecule has 27 heavy (non-hydrogen) atoms. The Morgan fingerprint density at radius 1 is 1.07 bits per heavy atom. The van der Waals surface area contributed by atoms with Crippen LogP contribution in [0.2, 0.25) is 0 Å². The van der Waals surface area contributed by atoms with Crippen LogP contribution in [0, 0.1) is 0 Å². The maximum atomic E-state index is 12.1. The molecule has 0 saturated heterocycles. The highest BCUT2D eigenvalue weighted by molar-refractivity contribution is 5.96. The summed E-state index contributed by atoms with van der Waals surface area (Å²) in [5, 5.41) is 5.58. The van der Waals surface area contributed by atoms with E-state index in [9.17, 15) is 9.59 Å². The van der Waals surface area contributed by atoms with Crippen molar-refractivity contribution in [3.05, 3.63) is 59.7 Å². The standard InChI is InChI=1S/C20H21N3O4/c1-13(24)23-20(17-7-5-6-8-18(17)26-14(2)25)27-19(21-23)15-9-11-16(12-10-15)22(3)4/h5-12,20H,1-4H3/t20-/m1/s1. The van der Waals surface area contributed by atoms with Gasteiger partial charge in [0.1, 0.15) is 5.75 Å². The lowest BCUT2D eigenvalue weighted by molar-refractivity contribution is -0.135. The van der Waals surface area contributed by atoms with Gasteiger partial charge in [-0.3, -0.25) is 9.59 Å². The summed E-state index contributed by atoms with van der Waals surface area (Å²) >= 11 is 0. The van der Waals surface area contributed by atoms with Gasteiger partial charge in [0.15, 0.2) is 0 Å². The molecule has 0 fully saturated rings. The van der Waals surface area contributed by atoms with Gasteiger partial charge in [-0.25, -0.2) is 0 Å². The van der Waals surface area contributed by atoms with Crippen LogP contribution >= 0.6 is 0 Å². The lowest BCUT2D eigenvalue weighted by Gasteiger charge is -2.21. The highest BCUT2D eigenvalue weighted by Gasteiger charge is 2.35. The summed E-state index contributed by atoms with van der Waals surface area (Å²) in [4.78, 5) is 25.5. The molecule has 1 aliphatic rings. The summed E-state index contributed by atoms with van der Waals surface area (Å²) in [7, 11) is 3.91. The molecular formula is C20H21N3O4. The molecule has 3 rings (SSSR count). The number of amides is 1. The Kier molecular flexibility index (Phi) is 5.12. The number of benzene rings is 2. The highest BCUT2D eigenvalue weighted by Crippen LogP contribution is 2.35. The first kappa shape index (κ1) is 18.4. The van der Waals surface area contributed by atoms with Crippen LogP contribution in [0.3, 0.4) is 0 Å². The van der Waals surface area contributed by atoms with Crippen molar-refractivity contribution in [2.24, 2.45) is 5.10 Å². The van der Waals surface area contributed by atoms with Crippen molar-refractivity contribution >= 4 is 23.5 Å². The SMILES string of the molecule is CC(=O)Oc1ccccc1[C@H]1OC(c2ccc(N(C)C)cc2)=NN1C(C)=O. The average molecular weight is 367 g/mol. The molecule has 0 aromatic heterocycles. The van der Waals surface area contributed by atoms with E-state index >= 15 is 0 Å². The van der Waals surface area contributed by atoms with Gasteiger partial charge < -0.3 is 14.4 Å². The number of rotatable bonds is 4. The predicted octanol–water partition coefficient (Wildman–Crippen LogP) is 2.92. The van der Waals surface area contributed by atoms with Gasteiger partial charge in [-0.2, -0.15) is 5.01 Å². The van der Waals surface area contributed by atoms with Gasteiger partial charge in [0, 0.05) is 39.2 Å². The Labute approximate surface area is 157 Å². The Balaban J connectivity index is 1.93. The summed E-state index contributed by atoms with van der Waals surface area (Å²) in [6, 6.07) is 14.6. The quantitative estimate of drug-likeness (QED) is 0.614. The van der Waals surface area contributed by atoms with E-state index in [4.69, 9.17) is 9.47 Å². The molecule has 0 unspecified atom stereocenters. The van der Waals surface area contributed by atoms with Gasteiger partial charge in [0.2, 0.25) is 18.0 Å². The summed E-state index contributed by atoms with van der Waals surface area (Å²) in [5.74, 6) is -0.0634. The molecule has 2 aromatic carbocycles. The third-order valence-electron chi connectivity index (χ3n) is 4.04. The van der Waals surface area contributed by atoms with Crippen LogP contribution in [0.1, 0.15) is 31.2 Å². The second-order valence-corrected chi connectivity index (χ2v) is 6.31. The number of nitrogens with zero attached hydrogens (tertiary/aromatic N) is 3. The van der Waals surface area contributed by atoms with Gasteiger partial charge >= 0.3 is 5.97 Å². The topological polar surface area (TPSA) is 71.4 Å². The van der Waals surface area contributed by atoms with Crippen molar-refractivity contribution in [2.75, 3.05) is 19.0 Å². The lowest BCUT2D eigenvalue weighted by Crippen LogP contribution is -2.26. The molecule has 1 atom stereocenters. The molecule has 1 amide bonds. The first-order valence-corrected chi connectivity index (χ1v) is 8.47. The van der Waals surface area contributed by atoms with E-state index in [0.29, 0.717) is 17.2 Å². The van der Waals surface area contributed by atoms with Gasteiger partial charge in [-0.05, 0) is 36.4 Å². The van der Waals surface area contributed by atoms with Crippen LogP contribution in [0.25, 0.3) is 0 Å². The van der Waals surface area contributed by atoms with E-state index < -0.39 is 12.2 Å². The molecule has 0 bridgehead atoms. The Morgan fingerprint density at radius 3 is 2.33 bits per heavy atom. The first-order chi connectivity index (χ1) is 12.9. The molecule has 0 aliphatic carbocycles. The number of carbonyl (C=O) groups excluding carboxylic acids is 2. The summed E-state index contributed by atoms with van der Waals surface area (Å²) in [6.07, 6.45) is -0.804. The van der Waals surface area contributed by atoms with E-state index in [0.717, 1.165) is 11.3 Å². The van der Waals surface area contributed by atoms with Crippen molar-refractivity contribution < 1.29 is 19.1 Å². The largest absolute Gasteiger partial charge is 0.446 e. The fourth-order valence-electron chi connectivity index (χ4n) is 2.72. The van der Waals surface area contributed by atoms with Crippen LogP contribution in [0.5, 0.6) is 5.75 Å². The van der Waals surface area contributed by atoms with Crippen molar-refractivity contribution in [3.8, 4) is 5.75 Å². The summed E-state index contributed by atoms with van der Waals surface area (Å²) < 4.78 is 11.2. The molecule has 0 saturated carbocycles. The zero-order valence-electron chi connectivity index (χ0n) is 15.7. The number of anilines is 1. The van der Waals surface area contributed by atoms with Crippen molar-refractivity contribution in [3.63, 3.8) is 0 Å². The Bertz CT molecular complexity index is 890. The molecule has 0 spiro atoms. The number of hydrogen-bond acceptors (Lipinski definition) is 6. The van der Waals surface area contributed by atoms with E-state index in [1.807, 2.05) is 43.3 Å². The summed E-state index contributed by atoms with van der Waals surface area (Å²) in [5.41, 5.74) is 2.34. The zero-order chi connectivity index (χ0) is 19.6. The predicted molar refractivity (Wildman–Crippen MR) is 101 cm³/mol. The van der Waals surface area contributed by atoms with Crippen LogP contribution in [-0.2, 0) is 14.3 Å². The molecule has 7 heteroatoms. The number of hydrazone groups is 1. The molecule has 140 valence electrons. The van der Waals surface area contributed by atoms with Crippen molar-refractivity contribution in [1.29, 1.82) is 0 Å². The van der Waals surface area contributed by atoms with Gasteiger partial charge in [-0.1, -0.05) is 12.1 Å². The minimum Gasteiger partial charge on any atom is -0.446 e.